The van der Waals surface area contributed by atoms with Crippen LogP contribution >= 0.6 is 0 Å². The molecule has 4 aromatic rings. The molecule has 1 amide bonds. The first kappa shape index (κ1) is 23.4. The molecule has 3 N–H and O–H groups in total. The standard InChI is InChI=1S/C27H35N7O/c1-17-6-5-7-19(12-17)34-16-31-21-13-18(8-9-22(21)34)20-14-23(33(4)11-10-32(2)3)24(27(28)35)26-25(20)29-15-30-26/h8-9,13-17,19H,5-7,10-12H2,1-4H3,(H2,28,35)(H,29,30)/t17-,19?/m0/s1. The third kappa shape index (κ3) is 4.38. The Labute approximate surface area is 206 Å². The van der Waals surface area contributed by atoms with E-state index in [9.17, 15) is 4.79 Å². The number of anilines is 1. The van der Waals surface area contributed by atoms with Crippen molar-refractivity contribution in [1.82, 2.24) is 24.4 Å². The third-order valence-electron chi connectivity index (χ3n) is 7.41. The maximum absolute atomic E-state index is 12.5. The molecule has 0 spiro atoms. The van der Waals surface area contributed by atoms with Crippen molar-refractivity contribution in [1.29, 1.82) is 0 Å². The number of nitrogens with zero attached hydrogens (tertiary/aromatic N) is 5. The number of primary amides is 1. The minimum Gasteiger partial charge on any atom is -0.373 e. The summed E-state index contributed by atoms with van der Waals surface area (Å²) in [7, 11) is 6.07. The van der Waals surface area contributed by atoms with Crippen LogP contribution in [-0.2, 0) is 0 Å². The van der Waals surface area contributed by atoms with Gasteiger partial charge in [-0.2, -0.15) is 0 Å². The number of H-pyrrole nitrogens is 1. The van der Waals surface area contributed by atoms with E-state index < -0.39 is 5.91 Å². The Morgan fingerprint density at radius 1 is 1.17 bits per heavy atom. The molecule has 1 fully saturated rings. The van der Waals surface area contributed by atoms with Gasteiger partial charge in [-0.15, -0.1) is 0 Å². The van der Waals surface area contributed by atoms with Crippen LogP contribution in [0.15, 0.2) is 36.9 Å². The largest absolute Gasteiger partial charge is 0.373 e. The molecule has 0 saturated heterocycles. The molecule has 1 unspecified atom stereocenters. The van der Waals surface area contributed by atoms with E-state index in [0.717, 1.165) is 46.9 Å². The quantitative estimate of drug-likeness (QED) is 0.414. The zero-order chi connectivity index (χ0) is 24.7. The summed E-state index contributed by atoms with van der Waals surface area (Å²) in [5, 5.41) is 0. The number of benzene rings is 2. The first-order valence-corrected chi connectivity index (χ1v) is 12.5. The van der Waals surface area contributed by atoms with Crippen molar-refractivity contribution in [3.05, 3.63) is 42.5 Å². The summed E-state index contributed by atoms with van der Waals surface area (Å²) in [6.07, 6.45) is 8.64. The minimum absolute atomic E-state index is 0.464. The predicted molar refractivity (Wildman–Crippen MR) is 142 cm³/mol. The van der Waals surface area contributed by atoms with Crippen molar-refractivity contribution in [2.75, 3.05) is 39.1 Å². The lowest BCUT2D eigenvalue weighted by Crippen LogP contribution is -2.30. The number of fused-ring (bicyclic) bond motifs is 2. The maximum Gasteiger partial charge on any atom is 0.253 e. The topological polar surface area (TPSA) is 96.1 Å². The van der Waals surface area contributed by atoms with Gasteiger partial charge >= 0.3 is 0 Å². The Hall–Kier alpha value is -3.39. The lowest BCUT2D eigenvalue weighted by atomic mass is 9.87. The molecule has 2 aromatic heterocycles. The molecule has 2 heterocycles. The number of imidazole rings is 2. The average molecular weight is 474 g/mol. The molecule has 1 saturated carbocycles. The van der Waals surface area contributed by atoms with E-state index in [-0.39, 0.29) is 0 Å². The number of nitrogens with two attached hydrogens (primary N) is 1. The van der Waals surface area contributed by atoms with E-state index in [4.69, 9.17) is 10.7 Å². The number of aromatic amines is 1. The summed E-state index contributed by atoms with van der Waals surface area (Å²) in [6, 6.07) is 9.01. The van der Waals surface area contributed by atoms with Gasteiger partial charge in [0.15, 0.2) is 0 Å². The van der Waals surface area contributed by atoms with Crippen LogP contribution in [0.25, 0.3) is 33.2 Å². The molecular weight excluding hydrogens is 438 g/mol. The number of hydrogen-bond acceptors (Lipinski definition) is 5. The second kappa shape index (κ2) is 9.34. The van der Waals surface area contributed by atoms with Gasteiger partial charge in [0.2, 0.25) is 0 Å². The van der Waals surface area contributed by atoms with Crippen molar-refractivity contribution in [2.24, 2.45) is 11.7 Å². The van der Waals surface area contributed by atoms with Gasteiger partial charge in [0.1, 0.15) is 0 Å². The van der Waals surface area contributed by atoms with Crippen molar-refractivity contribution < 1.29 is 4.79 Å². The molecule has 2 atom stereocenters. The lowest BCUT2D eigenvalue weighted by molar-refractivity contribution is 0.100. The third-order valence-corrected chi connectivity index (χ3v) is 7.41. The summed E-state index contributed by atoms with van der Waals surface area (Å²) in [5.41, 5.74) is 12.7. The molecule has 35 heavy (non-hydrogen) atoms. The monoisotopic (exact) mass is 473 g/mol. The molecule has 184 valence electrons. The van der Waals surface area contributed by atoms with Crippen LogP contribution in [0.5, 0.6) is 0 Å². The molecule has 0 radical (unpaired) electrons. The molecule has 5 rings (SSSR count). The normalized spacial score (nSPS) is 18.5. The van der Waals surface area contributed by atoms with Gasteiger partial charge in [-0.1, -0.05) is 25.8 Å². The fraction of sp³-hybridized carbons (Fsp3) is 0.444. The number of carbonyl (C=O) groups is 1. The highest BCUT2D eigenvalue weighted by atomic mass is 16.1. The molecule has 0 aliphatic heterocycles. The fourth-order valence-corrected chi connectivity index (χ4v) is 5.48. The second-order valence-electron chi connectivity index (χ2n) is 10.3. The molecule has 1 aliphatic carbocycles. The highest BCUT2D eigenvalue weighted by Gasteiger charge is 2.24. The summed E-state index contributed by atoms with van der Waals surface area (Å²) < 4.78 is 2.36. The molecular formula is C27H35N7O. The van der Waals surface area contributed by atoms with Crippen molar-refractivity contribution in [3.8, 4) is 11.1 Å². The van der Waals surface area contributed by atoms with E-state index in [0.29, 0.717) is 17.1 Å². The van der Waals surface area contributed by atoms with Crippen molar-refractivity contribution in [2.45, 2.75) is 38.6 Å². The van der Waals surface area contributed by atoms with E-state index in [1.807, 2.05) is 33.5 Å². The number of amides is 1. The number of aromatic nitrogens is 4. The first-order chi connectivity index (χ1) is 16.8. The molecule has 2 aromatic carbocycles. The van der Waals surface area contributed by atoms with Crippen LogP contribution in [0.1, 0.15) is 49.0 Å². The van der Waals surface area contributed by atoms with Crippen LogP contribution in [0.4, 0.5) is 5.69 Å². The number of rotatable bonds is 7. The van der Waals surface area contributed by atoms with Gasteiger partial charge in [0, 0.05) is 31.7 Å². The summed E-state index contributed by atoms with van der Waals surface area (Å²) in [4.78, 5) is 29.2. The van der Waals surface area contributed by atoms with Crippen LogP contribution < -0.4 is 10.6 Å². The Morgan fingerprint density at radius 2 is 2.00 bits per heavy atom. The van der Waals surface area contributed by atoms with Gasteiger partial charge in [-0.25, -0.2) is 9.97 Å². The zero-order valence-corrected chi connectivity index (χ0v) is 21.1. The van der Waals surface area contributed by atoms with E-state index in [2.05, 4.69) is 49.5 Å². The molecule has 8 heteroatoms. The smallest absolute Gasteiger partial charge is 0.253 e. The van der Waals surface area contributed by atoms with Crippen molar-refractivity contribution in [3.63, 3.8) is 0 Å². The first-order valence-electron chi connectivity index (χ1n) is 12.5. The maximum atomic E-state index is 12.5. The number of likely N-dealkylation sites (N-methyl/N-ethyl adjacent to an activating group) is 2. The highest BCUT2D eigenvalue weighted by molar-refractivity contribution is 6.13. The van der Waals surface area contributed by atoms with Gasteiger partial charge in [0.05, 0.1) is 46.0 Å². The Morgan fingerprint density at radius 3 is 2.74 bits per heavy atom. The Balaban J connectivity index is 1.60. The van der Waals surface area contributed by atoms with Crippen LogP contribution in [0, 0.1) is 5.92 Å². The van der Waals surface area contributed by atoms with E-state index >= 15 is 0 Å². The molecule has 0 bridgehead atoms. The predicted octanol–water partition coefficient (Wildman–Crippen LogP) is 4.43. The molecule has 1 aliphatic rings. The van der Waals surface area contributed by atoms with E-state index in [1.165, 1.54) is 31.2 Å². The SMILES string of the molecule is C[C@H]1CCCC(n2cnc3cc(-c4cc(N(C)CCN(C)C)c(C(N)=O)c5[nH]cnc45)ccc32)C1. The average Bonchev–Trinajstić information content (AvgIpc) is 3.48. The Bertz CT molecular complexity index is 1370. The van der Waals surface area contributed by atoms with Gasteiger partial charge in [-0.05, 0) is 56.6 Å². The van der Waals surface area contributed by atoms with Gasteiger partial charge in [0.25, 0.3) is 5.91 Å². The number of hydrogen-bond donors (Lipinski definition) is 2. The highest BCUT2D eigenvalue weighted by Crippen LogP contribution is 2.38. The number of nitrogens with one attached hydrogen (secondary N) is 1. The summed E-state index contributed by atoms with van der Waals surface area (Å²) >= 11 is 0. The zero-order valence-electron chi connectivity index (χ0n) is 21.1. The minimum atomic E-state index is -0.464. The second-order valence-corrected chi connectivity index (χ2v) is 10.3. The Kier molecular flexibility index (Phi) is 6.23. The lowest BCUT2D eigenvalue weighted by Gasteiger charge is -2.28. The number of carbonyl (C=O) groups excluding carboxylic acids is 1. The van der Waals surface area contributed by atoms with Gasteiger partial charge < -0.3 is 25.1 Å². The summed E-state index contributed by atoms with van der Waals surface area (Å²) in [6.45, 7) is 3.96. The summed E-state index contributed by atoms with van der Waals surface area (Å²) in [5.74, 6) is 0.290. The van der Waals surface area contributed by atoms with Crippen LogP contribution in [0.3, 0.4) is 0 Å². The van der Waals surface area contributed by atoms with E-state index in [1.54, 1.807) is 6.33 Å². The fourth-order valence-electron chi connectivity index (χ4n) is 5.48. The molecule has 8 nitrogen and oxygen atoms in total. The van der Waals surface area contributed by atoms with Crippen LogP contribution in [0.2, 0.25) is 0 Å². The van der Waals surface area contributed by atoms with Crippen LogP contribution in [-0.4, -0.2) is 64.6 Å². The van der Waals surface area contributed by atoms with Crippen molar-refractivity contribution >= 4 is 33.7 Å². The van der Waals surface area contributed by atoms with Gasteiger partial charge in [-0.3, -0.25) is 4.79 Å².